The lowest BCUT2D eigenvalue weighted by atomic mass is 9.87. The molecule has 2 radical (unpaired) electrons. The van der Waals surface area contributed by atoms with Crippen molar-refractivity contribution in [2.75, 3.05) is 16.8 Å². The smallest absolute Gasteiger partial charge is 0.320 e. The molecule has 0 aromatic heterocycles. The van der Waals surface area contributed by atoms with Gasteiger partial charge in [0.1, 0.15) is 7.85 Å². The molecule has 0 heterocycles. The molecule has 0 bridgehead atoms. The first-order valence-corrected chi connectivity index (χ1v) is 13.1. The Morgan fingerprint density at radius 2 is 1.53 bits per heavy atom. The zero-order chi connectivity index (χ0) is 34.1. The fraction of sp³-hybridized carbons (Fsp3) is 0.179. The van der Waals surface area contributed by atoms with Crippen LogP contribution >= 0.6 is 22.6 Å². The number of nitrogens with zero attached hydrogens (tertiary/aromatic N) is 2. The predicted molar refractivity (Wildman–Crippen MR) is 152 cm³/mol. The fourth-order valence-electron chi connectivity index (χ4n) is 4.07. The van der Waals surface area contributed by atoms with Crippen LogP contribution in [0.4, 0.5) is 55.3 Å². The zero-order valence-electron chi connectivity index (χ0n) is 22.1. The quantitative estimate of drug-likeness (QED) is 0.119. The number of nitrogens with one attached hydrogen (secondary N) is 1. The van der Waals surface area contributed by atoms with Crippen molar-refractivity contribution in [1.82, 2.24) is 0 Å². The number of nitriles is 1. The van der Waals surface area contributed by atoms with Gasteiger partial charge in [-0.05, 0) is 71.1 Å². The van der Waals surface area contributed by atoms with Gasteiger partial charge in [-0.15, -0.1) is 6.58 Å². The molecule has 2 amide bonds. The van der Waals surface area contributed by atoms with Crippen LogP contribution in [0.15, 0.2) is 67.3 Å². The molecule has 0 aliphatic heterocycles. The molecular formula is C28H15BF10IN3O2. The molecule has 3 rings (SSSR count). The highest BCUT2D eigenvalue weighted by Gasteiger charge is 2.73. The molecule has 0 fully saturated rings. The van der Waals surface area contributed by atoms with E-state index in [1.165, 1.54) is 42.5 Å². The van der Waals surface area contributed by atoms with Gasteiger partial charge in [0.05, 0.1) is 22.9 Å². The number of halogens is 11. The molecule has 0 aliphatic rings. The van der Waals surface area contributed by atoms with Gasteiger partial charge in [0.15, 0.2) is 0 Å². The molecule has 5 nitrogen and oxygen atoms in total. The number of alkyl halides is 10. The third-order valence-corrected chi connectivity index (χ3v) is 7.10. The van der Waals surface area contributed by atoms with E-state index in [1.54, 1.807) is 5.32 Å². The Hall–Kier alpha value is -4.08. The third-order valence-electron chi connectivity index (χ3n) is 6.25. The van der Waals surface area contributed by atoms with E-state index in [-0.39, 0.29) is 29.4 Å². The largest absolute Gasteiger partial charge is 0.435 e. The maximum Gasteiger partial charge on any atom is 0.435 e. The van der Waals surface area contributed by atoms with Crippen molar-refractivity contribution in [3.8, 4) is 6.07 Å². The van der Waals surface area contributed by atoms with Crippen molar-refractivity contribution in [1.29, 1.82) is 5.26 Å². The normalized spacial score (nSPS) is 12.3. The summed E-state index contributed by atoms with van der Waals surface area (Å²) >= 11 is 0.926. The van der Waals surface area contributed by atoms with E-state index < -0.39 is 73.5 Å². The Balaban J connectivity index is 2.11. The number of benzene rings is 3. The Bertz CT molecular complexity index is 1670. The van der Waals surface area contributed by atoms with Gasteiger partial charge in [-0.1, -0.05) is 17.6 Å². The van der Waals surface area contributed by atoms with Crippen LogP contribution in [0.5, 0.6) is 0 Å². The lowest BCUT2D eigenvalue weighted by Gasteiger charge is -2.31. The number of anilines is 2. The monoisotopic (exact) mass is 753 g/mol. The molecule has 0 saturated carbocycles. The summed E-state index contributed by atoms with van der Waals surface area (Å²) in [5.41, 5.74) is -12.8. The molecule has 0 aliphatic carbocycles. The topological polar surface area (TPSA) is 73.2 Å². The van der Waals surface area contributed by atoms with E-state index in [2.05, 4.69) is 6.58 Å². The minimum absolute atomic E-state index is 0.0798. The van der Waals surface area contributed by atoms with Gasteiger partial charge in [-0.3, -0.25) is 9.59 Å². The fourth-order valence-corrected chi connectivity index (χ4v) is 4.84. The molecule has 45 heavy (non-hydrogen) atoms. The van der Waals surface area contributed by atoms with Crippen LogP contribution in [0.25, 0.3) is 0 Å². The van der Waals surface area contributed by atoms with Crippen molar-refractivity contribution in [2.24, 2.45) is 0 Å². The van der Waals surface area contributed by atoms with E-state index >= 15 is 0 Å². The number of amides is 2. The standard InChI is InChI=1S/C28H15BF10IN3O2/c1-2-10-43(24(45)15-8-6-14(13-41)7-9-15)20-5-3-4-17(21(20)29)23(44)42-22-18(26(31,32)33)11-16(12-19(22)40)25(30,27(34,35)36)28(37,38)39/h2-9,11-12H,1,10H2,(H,42,44). The summed E-state index contributed by atoms with van der Waals surface area (Å²) in [6.07, 6.45) is -17.8. The van der Waals surface area contributed by atoms with Gasteiger partial charge in [-0.25, -0.2) is 4.39 Å². The highest BCUT2D eigenvalue weighted by atomic mass is 127. The van der Waals surface area contributed by atoms with E-state index in [4.69, 9.17) is 13.1 Å². The summed E-state index contributed by atoms with van der Waals surface area (Å²) in [5, 5.41) is 10.8. The summed E-state index contributed by atoms with van der Waals surface area (Å²) in [4.78, 5) is 27.4. The maximum atomic E-state index is 14.6. The van der Waals surface area contributed by atoms with Crippen LogP contribution in [0.1, 0.15) is 37.4 Å². The molecule has 234 valence electrons. The van der Waals surface area contributed by atoms with Crippen LogP contribution in [-0.2, 0) is 11.8 Å². The molecule has 3 aromatic carbocycles. The lowest BCUT2D eigenvalue weighted by Crippen LogP contribution is -2.50. The first-order valence-electron chi connectivity index (χ1n) is 12.0. The first kappa shape index (κ1) is 35.4. The van der Waals surface area contributed by atoms with E-state index in [0.717, 1.165) is 33.6 Å². The second-order valence-corrected chi connectivity index (χ2v) is 10.3. The molecule has 0 unspecified atom stereocenters. The Morgan fingerprint density at radius 3 is 2.02 bits per heavy atom. The molecule has 17 heteroatoms. The highest BCUT2D eigenvalue weighted by Crippen LogP contribution is 2.54. The molecule has 0 saturated heterocycles. The molecule has 0 spiro atoms. The van der Waals surface area contributed by atoms with Gasteiger partial charge in [0.25, 0.3) is 11.8 Å². The minimum atomic E-state index is -6.69. The first-order chi connectivity index (χ1) is 20.7. The van der Waals surface area contributed by atoms with Gasteiger partial charge in [0, 0.05) is 32.5 Å². The Morgan fingerprint density at radius 1 is 0.956 bits per heavy atom. The number of hydrogen-bond acceptors (Lipinski definition) is 3. The SMILES string of the molecule is [B]c1c(C(=O)Nc2c(I)cc(C(F)(C(F)(F)F)C(F)(F)F)cc2C(F)(F)F)cccc1N(CC=C)C(=O)c1ccc(C#N)cc1. The van der Waals surface area contributed by atoms with Gasteiger partial charge < -0.3 is 10.2 Å². The minimum Gasteiger partial charge on any atom is -0.320 e. The summed E-state index contributed by atoms with van der Waals surface area (Å²) in [6.45, 7) is 3.35. The average Bonchev–Trinajstić information content (AvgIpc) is 2.94. The highest BCUT2D eigenvalue weighted by molar-refractivity contribution is 14.1. The summed E-state index contributed by atoms with van der Waals surface area (Å²) in [6, 6.07) is 9.96. The third kappa shape index (κ3) is 6.95. The van der Waals surface area contributed by atoms with Crippen LogP contribution in [0.2, 0.25) is 0 Å². The zero-order valence-corrected chi connectivity index (χ0v) is 24.3. The van der Waals surface area contributed by atoms with E-state index in [9.17, 15) is 53.5 Å². The second kappa shape index (κ2) is 12.7. The summed E-state index contributed by atoms with van der Waals surface area (Å²) in [5.74, 6) is -2.08. The number of carbonyl (C=O) groups is 2. The molecule has 3 aromatic rings. The van der Waals surface area contributed by atoms with Crippen molar-refractivity contribution >= 4 is 59.1 Å². The Kier molecular flexibility index (Phi) is 10.0. The van der Waals surface area contributed by atoms with Crippen molar-refractivity contribution in [3.05, 3.63) is 98.6 Å². The van der Waals surface area contributed by atoms with Crippen molar-refractivity contribution < 1.29 is 53.5 Å². The van der Waals surface area contributed by atoms with Gasteiger partial charge in [-0.2, -0.15) is 44.8 Å². The predicted octanol–water partition coefficient (Wildman–Crippen LogP) is 7.35. The second-order valence-electron chi connectivity index (χ2n) is 9.12. The molecule has 1 N–H and O–H groups in total. The van der Waals surface area contributed by atoms with Crippen molar-refractivity contribution in [3.63, 3.8) is 0 Å². The number of hydrogen-bond donors (Lipinski definition) is 1. The van der Waals surface area contributed by atoms with Crippen LogP contribution in [-0.4, -0.2) is 38.6 Å². The molecular weight excluding hydrogens is 738 g/mol. The van der Waals surface area contributed by atoms with Gasteiger partial charge >= 0.3 is 24.2 Å². The number of rotatable bonds is 7. The lowest BCUT2D eigenvalue weighted by molar-refractivity contribution is -0.348. The maximum absolute atomic E-state index is 14.6. The average molecular weight is 753 g/mol. The Labute approximate surface area is 263 Å². The molecule has 0 atom stereocenters. The van der Waals surface area contributed by atoms with Crippen LogP contribution in [0, 0.1) is 14.9 Å². The van der Waals surface area contributed by atoms with E-state index in [1.807, 2.05) is 6.07 Å². The van der Waals surface area contributed by atoms with E-state index in [0.29, 0.717) is 0 Å². The van der Waals surface area contributed by atoms with Crippen molar-refractivity contribution in [2.45, 2.75) is 24.2 Å². The van der Waals surface area contributed by atoms with Gasteiger partial charge in [0.2, 0.25) is 0 Å². The number of carbonyl (C=O) groups excluding carboxylic acids is 2. The summed E-state index contributed by atoms with van der Waals surface area (Å²) in [7, 11) is 6.11. The summed E-state index contributed by atoms with van der Waals surface area (Å²) < 4.78 is 135. The van der Waals surface area contributed by atoms with Crippen LogP contribution < -0.4 is 15.7 Å². The van der Waals surface area contributed by atoms with Crippen LogP contribution in [0.3, 0.4) is 0 Å².